The van der Waals surface area contributed by atoms with Crippen LogP contribution in [-0.2, 0) is 25.7 Å². The molecule has 3 amide bonds. The van der Waals surface area contributed by atoms with E-state index in [2.05, 4.69) is 0 Å². The zero-order valence-corrected chi connectivity index (χ0v) is 25.3. The lowest BCUT2D eigenvalue weighted by Crippen LogP contribution is -2.58. The van der Waals surface area contributed by atoms with Crippen molar-refractivity contribution in [3.8, 4) is 0 Å². The molecule has 2 aromatic rings. The number of ether oxygens (including phenoxy) is 1. The highest BCUT2D eigenvalue weighted by atomic mass is 16.5. The van der Waals surface area contributed by atoms with Crippen LogP contribution in [0.25, 0.3) is 0 Å². The van der Waals surface area contributed by atoms with Crippen molar-refractivity contribution in [1.82, 2.24) is 14.7 Å². The van der Waals surface area contributed by atoms with Crippen molar-refractivity contribution in [2.75, 3.05) is 19.7 Å². The molecule has 8 heteroatoms. The first-order valence-electron chi connectivity index (χ1n) is 16.0. The summed E-state index contributed by atoms with van der Waals surface area (Å²) in [5.41, 5.74) is -0.695. The molecule has 0 aromatic heterocycles. The van der Waals surface area contributed by atoms with Crippen LogP contribution < -0.4 is 0 Å². The zero-order chi connectivity index (χ0) is 30.5. The van der Waals surface area contributed by atoms with E-state index in [-0.39, 0.29) is 30.4 Å². The molecule has 8 nitrogen and oxygen atoms in total. The molecular weight excluding hydrogens is 554 g/mol. The number of benzene rings is 2. The van der Waals surface area contributed by atoms with E-state index in [1.54, 1.807) is 9.80 Å². The molecule has 2 aromatic carbocycles. The van der Waals surface area contributed by atoms with Gasteiger partial charge in [-0.2, -0.15) is 0 Å². The van der Waals surface area contributed by atoms with Gasteiger partial charge in [0.15, 0.2) is 0 Å². The maximum atomic E-state index is 14.9. The monoisotopic (exact) mass is 595 g/mol. The normalized spacial score (nSPS) is 32.7. The molecule has 0 bridgehead atoms. The molecule has 1 N–H and O–H groups in total. The van der Waals surface area contributed by atoms with Crippen LogP contribution in [0.15, 0.2) is 85.0 Å². The Kier molecular flexibility index (Phi) is 7.45. The average Bonchev–Trinajstić information content (AvgIpc) is 3.32. The Labute approximate surface area is 259 Å². The fraction of sp³-hybridized carbons (Fsp3) is 0.472. The molecule has 4 heterocycles. The second-order valence-corrected chi connectivity index (χ2v) is 13.1. The molecule has 1 spiro atoms. The summed E-state index contributed by atoms with van der Waals surface area (Å²) in [6.45, 7) is 2.76. The first-order valence-corrected chi connectivity index (χ1v) is 16.0. The van der Waals surface area contributed by atoms with Gasteiger partial charge in [-0.25, -0.2) is 0 Å². The summed E-state index contributed by atoms with van der Waals surface area (Å²) in [6, 6.07) is 17.5. The minimum Gasteiger partial charge on any atom is -0.394 e. The SMILES string of the molecule is C[C@]12C=CCN(Cc3ccccc3)C(=O)[C@H]1[C@H]1C(=O)N([C@H](CO)c3ccccc3)C3C(=O)N(C4CCCCC4)CC=C[C@@]31O2. The Morgan fingerprint density at radius 2 is 1.52 bits per heavy atom. The molecule has 0 radical (unpaired) electrons. The van der Waals surface area contributed by atoms with Gasteiger partial charge in [0.1, 0.15) is 11.6 Å². The molecule has 230 valence electrons. The number of hydrogen-bond acceptors (Lipinski definition) is 5. The fourth-order valence-electron chi connectivity index (χ4n) is 8.56. The lowest BCUT2D eigenvalue weighted by molar-refractivity contribution is -0.157. The van der Waals surface area contributed by atoms with Gasteiger partial charge in [0.2, 0.25) is 17.7 Å². The molecule has 3 fully saturated rings. The van der Waals surface area contributed by atoms with E-state index in [0.717, 1.165) is 43.2 Å². The first kappa shape index (κ1) is 29.0. The van der Waals surface area contributed by atoms with Gasteiger partial charge in [-0.3, -0.25) is 14.4 Å². The van der Waals surface area contributed by atoms with Crippen molar-refractivity contribution >= 4 is 17.7 Å². The lowest BCUT2D eigenvalue weighted by atomic mass is 9.74. The van der Waals surface area contributed by atoms with E-state index in [0.29, 0.717) is 19.6 Å². The van der Waals surface area contributed by atoms with E-state index >= 15 is 0 Å². The Hall–Kier alpha value is -3.75. The molecule has 7 rings (SSSR count). The second-order valence-electron chi connectivity index (χ2n) is 13.1. The van der Waals surface area contributed by atoms with E-state index in [4.69, 9.17) is 4.74 Å². The molecule has 4 aliphatic heterocycles. The van der Waals surface area contributed by atoms with Crippen LogP contribution in [0.4, 0.5) is 0 Å². The molecular formula is C36H41N3O5. The third-order valence-corrected chi connectivity index (χ3v) is 10.5. The van der Waals surface area contributed by atoms with Gasteiger partial charge in [-0.1, -0.05) is 104 Å². The Morgan fingerprint density at radius 1 is 0.841 bits per heavy atom. The number of amides is 3. The van der Waals surface area contributed by atoms with Crippen LogP contribution in [0.1, 0.15) is 56.2 Å². The predicted molar refractivity (Wildman–Crippen MR) is 165 cm³/mol. The van der Waals surface area contributed by atoms with Crippen LogP contribution in [0, 0.1) is 11.8 Å². The first-order chi connectivity index (χ1) is 21.4. The number of fused-ring (bicyclic) bond motifs is 2. The summed E-state index contributed by atoms with van der Waals surface area (Å²) < 4.78 is 7.02. The van der Waals surface area contributed by atoms with Crippen molar-refractivity contribution in [3.63, 3.8) is 0 Å². The second kappa shape index (κ2) is 11.3. The van der Waals surface area contributed by atoms with Gasteiger partial charge < -0.3 is 24.5 Å². The smallest absolute Gasteiger partial charge is 0.249 e. The number of aliphatic hydroxyl groups is 1. The third-order valence-electron chi connectivity index (χ3n) is 10.5. The minimum atomic E-state index is -1.35. The van der Waals surface area contributed by atoms with Crippen LogP contribution in [0.5, 0.6) is 0 Å². The van der Waals surface area contributed by atoms with Crippen molar-refractivity contribution < 1.29 is 24.2 Å². The van der Waals surface area contributed by atoms with Crippen LogP contribution >= 0.6 is 0 Å². The molecule has 1 saturated carbocycles. The highest BCUT2D eigenvalue weighted by Crippen LogP contribution is 2.59. The molecule has 1 aliphatic carbocycles. The molecule has 5 aliphatic rings. The van der Waals surface area contributed by atoms with Gasteiger partial charge in [-0.15, -0.1) is 0 Å². The summed E-state index contributed by atoms with van der Waals surface area (Å²) in [6.07, 6.45) is 12.9. The summed E-state index contributed by atoms with van der Waals surface area (Å²) in [5.74, 6) is -2.40. The summed E-state index contributed by atoms with van der Waals surface area (Å²) in [7, 11) is 0. The molecule has 6 atom stereocenters. The number of nitrogens with zero attached hydrogens (tertiary/aromatic N) is 3. The largest absolute Gasteiger partial charge is 0.394 e. The predicted octanol–water partition coefficient (Wildman–Crippen LogP) is 4.02. The van der Waals surface area contributed by atoms with E-state index in [1.165, 1.54) is 0 Å². The number of carbonyl (C=O) groups is 3. The van der Waals surface area contributed by atoms with Crippen LogP contribution in [0.2, 0.25) is 0 Å². The zero-order valence-electron chi connectivity index (χ0n) is 25.3. The quantitative estimate of drug-likeness (QED) is 0.510. The van der Waals surface area contributed by atoms with E-state index in [9.17, 15) is 19.5 Å². The van der Waals surface area contributed by atoms with Crippen molar-refractivity contribution in [3.05, 3.63) is 96.1 Å². The molecule has 44 heavy (non-hydrogen) atoms. The number of aliphatic hydroxyl groups excluding tert-OH is 1. The van der Waals surface area contributed by atoms with Crippen molar-refractivity contribution in [2.45, 2.75) is 74.9 Å². The van der Waals surface area contributed by atoms with Gasteiger partial charge in [-0.05, 0) is 30.9 Å². The number of carbonyl (C=O) groups excluding carboxylic acids is 3. The van der Waals surface area contributed by atoms with Crippen molar-refractivity contribution in [1.29, 1.82) is 0 Å². The van der Waals surface area contributed by atoms with Gasteiger partial charge >= 0.3 is 0 Å². The summed E-state index contributed by atoms with van der Waals surface area (Å²) >= 11 is 0. The topological polar surface area (TPSA) is 90.4 Å². The van der Waals surface area contributed by atoms with Crippen LogP contribution in [0.3, 0.4) is 0 Å². The maximum Gasteiger partial charge on any atom is 0.249 e. The summed E-state index contributed by atoms with van der Waals surface area (Å²) in [4.78, 5) is 49.6. The Bertz CT molecular complexity index is 1470. The number of likely N-dealkylation sites (tertiary alicyclic amines) is 1. The fourth-order valence-corrected chi connectivity index (χ4v) is 8.56. The van der Waals surface area contributed by atoms with Gasteiger partial charge in [0.25, 0.3) is 0 Å². The van der Waals surface area contributed by atoms with E-state index in [1.807, 2.05) is 96.8 Å². The number of rotatable bonds is 6. The van der Waals surface area contributed by atoms with Crippen LogP contribution in [-0.4, -0.2) is 80.5 Å². The molecule has 2 saturated heterocycles. The Morgan fingerprint density at radius 3 is 2.23 bits per heavy atom. The van der Waals surface area contributed by atoms with E-state index < -0.39 is 35.1 Å². The Balaban J connectivity index is 1.34. The van der Waals surface area contributed by atoms with Crippen molar-refractivity contribution in [2.24, 2.45) is 11.8 Å². The highest BCUT2D eigenvalue weighted by Gasteiger charge is 2.75. The summed E-state index contributed by atoms with van der Waals surface area (Å²) in [5, 5.41) is 10.8. The minimum absolute atomic E-state index is 0.0849. The maximum absolute atomic E-state index is 14.9. The highest BCUT2D eigenvalue weighted by molar-refractivity contribution is 6.00. The molecule has 1 unspecified atom stereocenters. The lowest BCUT2D eigenvalue weighted by Gasteiger charge is -2.42. The van der Waals surface area contributed by atoms with Gasteiger partial charge in [0, 0.05) is 25.7 Å². The standard InChI is InChI=1S/C36H41N3O5/c1-35-19-11-21-37(23-25-13-5-2-6-14-25)32(41)29(35)30-33(42)39(28(24-40)26-15-7-3-8-16-26)31-34(43)38(27-17-9-4-10-18-27)22-12-20-36(30,31)44-35/h2-3,5-8,11-16,19-20,27-31,40H,4,9-10,17-18,21-24H2,1H3/t28-,29-,30+,31?,35+,36+/m1/s1. The number of hydrogen-bond donors (Lipinski definition) is 1. The average molecular weight is 596 g/mol. The van der Waals surface area contributed by atoms with Gasteiger partial charge in [0.05, 0.1) is 30.1 Å². The third kappa shape index (κ3) is 4.53.